The number of allylic oxidation sites excluding steroid dienone is 22. The van der Waals surface area contributed by atoms with Gasteiger partial charge in [0.1, 0.15) is 13.2 Å². The van der Waals surface area contributed by atoms with Crippen LogP contribution in [0.3, 0.4) is 0 Å². The Labute approximate surface area is 500 Å². The number of unbranched alkanes of at least 4 members (excludes halogenated alkanes) is 27. The van der Waals surface area contributed by atoms with Crippen molar-refractivity contribution in [1.29, 1.82) is 0 Å². The van der Waals surface area contributed by atoms with Gasteiger partial charge < -0.3 is 14.2 Å². The summed E-state index contributed by atoms with van der Waals surface area (Å²) in [4.78, 5) is 38.4. The van der Waals surface area contributed by atoms with Crippen molar-refractivity contribution in [3.8, 4) is 0 Å². The van der Waals surface area contributed by atoms with Crippen molar-refractivity contribution in [1.82, 2.24) is 0 Å². The molecule has 0 aromatic carbocycles. The fourth-order valence-corrected chi connectivity index (χ4v) is 9.07. The smallest absolute Gasteiger partial charge is 0.306 e. The Morgan fingerprint density at radius 1 is 0.259 bits per heavy atom. The van der Waals surface area contributed by atoms with Crippen LogP contribution in [-0.4, -0.2) is 37.2 Å². The summed E-state index contributed by atoms with van der Waals surface area (Å²) in [6.45, 7) is 6.47. The van der Waals surface area contributed by atoms with Crippen molar-refractivity contribution < 1.29 is 28.6 Å². The third-order valence-corrected chi connectivity index (χ3v) is 14.1. The fraction of sp³-hybridized carbons (Fsp3) is 0.667. The molecule has 0 saturated carbocycles. The maximum atomic E-state index is 12.9. The van der Waals surface area contributed by atoms with E-state index in [4.69, 9.17) is 14.2 Å². The quantitative estimate of drug-likeness (QED) is 0.0261. The van der Waals surface area contributed by atoms with Gasteiger partial charge in [0.15, 0.2) is 6.10 Å². The molecule has 0 saturated heterocycles. The molecule has 0 aliphatic heterocycles. The van der Waals surface area contributed by atoms with Gasteiger partial charge in [-0.2, -0.15) is 0 Å². The normalized spacial score (nSPS) is 13.0. The van der Waals surface area contributed by atoms with Crippen molar-refractivity contribution in [2.75, 3.05) is 13.2 Å². The minimum Gasteiger partial charge on any atom is -0.462 e. The van der Waals surface area contributed by atoms with Crippen molar-refractivity contribution in [3.63, 3.8) is 0 Å². The highest BCUT2D eigenvalue weighted by molar-refractivity contribution is 5.71. The lowest BCUT2D eigenvalue weighted by Crippen LogP contribution is -2.30. The molecule has 1 unspecified atom stereocenters. The Morgan fingerprint density at radius 2 is 0.481 bits per heavy atom. The van der Waals surface area contributed by atoms with Gasteiger partial charge in [-0.3, -0.25) is 14.4 Å². The largest absolute Gasteiger partial charge is 0.462 e. The predicted molar refractivity (Wildman–Crippen MR) is 353 cm³/mol. The molecular formula is C75H124O6. The molecule has 0 aromatic rings. The third kappa shape index (κ3) is 66.2. The summed E-state index contributed by atoms with van der Waals surface area (Å²) in [5, 5.41) is 0. The second-order valence-electron chi connectivity index (χ2n) is 22.0. The average molecular weight is 1120 g/mol. The molecule has 0 amide bonds. The molecule has 6 nitrogen and oxygen atoms in total. The number of carbonyl (C=O) groups is 3. The van der Waals surface area contributed by atoms with Gasteiger partial charge in [-0.1, -0.05) is 276 Å². The topological polar surface area (TPSA) is 78.9 Å². The lowest BCUT2D eigenvalue weighted by atomic mass is 10.1. The Bertz CT molecular complexity index is 1720. The zero-order valence-corrected chi connectivity index (χ0v) is 52.8. The molecule has 0 fully saturated rings. The lowest BCUT2D eigenvalue weighted by molar-refractivity contribution is -0.167. The number of hydrogen-bond acceptors (Lipinski definition) is 6. The van der Waals surface area contributed by atoms with Crippen molar-refractivity contribution in [2.24, 2.45) is 0 Å². The third-order valence-electron chi connectivity index (χ3n) is 14.1. The molecule has 0 bridgehead atoms. The van der Waals surface area contributed by atoms with E-state index >= 15 is 0 Å². The summed E-state index contributed by atoms with van der Waals surface area (Å²) in [5.74, 6) is -0.914. The van der Waals surface area contributed by atoms with Gasteiger partial charge in [0.25, 0.3) is 0 Å². The molecule has 0 aliphatic rings. The first kappa shape index (κ1) is 76.5. The SMILES string of the molecule is CC/C=C\C/C=C\C/C=C\C/C=C\C/C=C\C/C=C\C/C=C\CCCCCCCCCCCC(=O)OCC(COC(=O)CCCCCCC/C=C\C/C=C\CCCCC)OC(=O)CCCCCCCCC/C=C\C/C=C\CCCCC. The van der Waals surface area contributed by atoms with Crippen LogP contribution in [0.2, 0.25) is 0 Å². The number of esters is 3. The van der Waals surface area contributed by atoms with Crippen molar-refractivity contribution in [2.45, 2.75) is 309 Å². The van der Waals surface area contributed by atoms with Crippen molar-refractivity contribution >= 4 is 17.9 Å². The van der Waals surface area contributed by atoms with Crippen LogP contribution in [0.25, 0.3) is 0 Å². The Hall–Kier alpha value is -4.45. The average Bonchev–Trinajstić information content (AvgIpc) is 3.47. The van der Waals surface area contributed by atoms with Gasteiger partial charge in [0.05, 0.1) is 0 Å². The van der Waals surface area contributed by atoms with E-state index < -0.39 is 6.10 Å². The van der Waals surface area contributed by atoms with Gasteiger partial charge in [0.2, 0.25) is 0 Å². The molecule has 460 valence electrons. The maximum Gasteiger partial charge on any atom is 0.306 e. The van der Waals surface area contributed by atoms with Crippen LogP contribution >= 0.6 is 0 Å². The first-order valence-electron chi connectivity index (χ1n) is 33.7. The van der Waals surface area contributed by atoms with Crippen LogP contribution in [0.15, 0.2) is 134 Å². The van der Waals surface area contributed by atoms with Gasteiger partial charge in [-0.15, -0.1) is 0 Å². The standard InChI is InChI=1S/C75H124O6/c1-4-7-10-13-16-19-22-25-28-30-31-32-33-34-35-36-37-38-39-40-41-42-43-45-47-50-53-56-59-62-65-68-74(77)80-71-72(70-79-73(76)67-64-61-58-55-52-49-46-27-24-21-18-15-12-9-6-3)81-75(78)69-66-63-60-57-54-51-48-44-29-26-23-20-17-14-11-8-5-2/h7,10,16-21,25-29,31-32,34-35,37-38,40-41,46,72H,4-6,8-9,11-15,22-24,30,33,36,39,42-45,47-71H2,1-3H3/b10-7-,19-16-,20-17-,21-18-,28-25-,29-26-,32-31-,35-34-,38-37-,41-40-,46-27-. The Balaban J connectivity index is 4.34. The van der Waals surface area contributed by atoms with E-state index in [-0.39, 0.29) is 31.1 Å². The van der Waals surface area contributed by atoms with E-state index in [1.165, 1.54) is 116 Å². The second kappa shape index (κ2) is 68.1. The van der Waals surface area contributed by atoms with E-state index in [1.54, 1.807) is 0 Å². The molecule has 0 aliphatic carbocycles. The first-order chi connectivity index (χ1) is 40.0. The van der Waals surface area contributed by atoms with Gasteiger partial charge in [-0.25, -0.2) is 0 Å². The van der Waals surface area contributed by atoms with Crippen LogP contribution in [0.5, 0.6) is 0 Å². The summed E-state index contributed by atoms with van der Waals surface area (Å²) in [7, 11) is 0. The summed E-state index contributed by atoms with van der Waals surface area (Å²) >= 11 is 0. The minimum absolute atomic E-state index is 0.0915. The molecule has 0 N–H and O–H groups in total. The highest BCUT2D eigenvalue weighted by Crippen LogP contribution is 2.15. The molecule has 1 atom stereocenters. The number of carbonyl (C=O) groups excluding carboxylic acids is 3. The van der Waals surface area contributed by atoms with Crippen LogP contribution in [-0.2, 0) is 28.6 Å². The highest BCUT2D eigenvalue weighted by Gasteiger charge is 2.19. The van der Waals surface area contributed by atoms with E-state index in [0.29, 0.717) is 19.3 Å². The minimum atomic E-state index is -0.796. The van der Waals surface area contributed by atoms with Crippen LogP contribution in [0, 0.1) is 0 Å². The van der Waals surface area contributed by atoms with E-state index in [9.17, 15) is 14.4 Å². The summed E-state index contributed by atoms with van der Waals surface area (Å²) < 4.78 is 16.9. The molecular weight excluding hydrogens is 997 g/mol. The number of rotatable bonds is 60. The van der Waals surface area contributed by atoms with E-state index in [2.05, 4.69) is 154 Å². The summed E-state index contributed by atoms with van der Waals surface area (Å²) in [5.41, 5.74) is 0. The molecule has 0 rings (SSSR count). The van der Waals surface area contributed by atoms with Crippen LogP contribution in [0.4, 0.5) is 0 Å². The lowest BCUT2D eigenvalue weighted by Gasteiger charge is -2.18. The first-order valence-corrected chi connectivity index (χ1v) is 33.7. The van der Waals surface area contributed by atoms with Gasteiger partial charge >= 0.3 is 17.9 Å². The summed E-state index contributed by atoms with van der Waals surface area (Å²) in [6.07, 6.45) is 96.0. The van der Waals surface area contributed by atoms with Crippen LogP contribution in [0.1, 0.15) is 303 Å². The molecule has 0 heterocycles. The van der Waals surface area contributed by atoms with E-state index in [0.717, 1.165) is 148 Å². The zero-order chi connectivity index (χ0) is 58.5. The molecule has 0 spiro atoms. The monoisotopic (exact) mass is 1120 g/mol. The molecule has 0 radical (unpaired) electrons. The molecule has 0 aromatic heterocycles. The maximum absolute atomic E-state index is 12.9. The zero-order valence-electron chi connectivity index (χ0n) is 52.8. The molecule has 81 heavy (non-hydrogen) atoms. The number of hydrogen-bond donors (Lipinski definition) is 0. The van der Waals surface area contributed by atoms with Crippen molar-refractivity contribution in [3.05, 3.63) is 134 Å². The van der Waals surface area contributed by atoms with Gasteiger partial charge in [-0.05, 0) is 141 Å². The Morgan fingerprint density at radius 3 is 0.753 bits per heavy atom. The Kier molecular flexibility index (Phi) is 64.3. The van der Waals surface area contributed by atoms with Gasteiger partial charge in [0, 0.05) is 19.3 Å². The van der Waals surface area contributed by atoms with Crippen LogP contribution < -0.4 is 0 Å². The number of ether oxygens (including phenoxy) is 3. The summed E-state index contributed by atoms with van der Waals surface area (Å²) in [6, 6.07) is 0. The highest BCUT2D eigenvalue weighted by atomic mass is 16.6. The molecule has 6 heteroatoms. The predicted octanol–water partition coefficient (Wildman–Crippen LogP) is 23.3. The fourth-order valence-electron chi connectivity index (χ4n) is 9.07. The van der Waals surface area contributed by atoms with E-state index in [1.807, 2.05) is 0 Å². The second-order valence-corrected chi connectivity index (χ2v) is 22.0.